The first-order chi connectivity index (χ1) is 13.2. The molecule has 0 spiro atoms. The maximum Gasteiger partial charge on any atom is 0.138 e. The number of hydrogen-bond donors (Lipinski definition) is 0. The van der Waals surface area contributed by atoms with Crippen LogP contribution in [0.5, 0.6) is 0 Å². The summed E-state index contributed by atoms with van der Waals surface area (Å²) in [5.74, 6) is 0.880. The van der Waals surface area contributed by atoms with E-state index in [0.717, 1.165) is 39.3 Å². The molecule has 5 rings (SSSR count). The summed E-state index contributed by atoms with van der Waals surface area (Å²) < 4.78 is 2.20. The zero-order valence-electron chi connectivity index (χ0n) is 15.2. The lowest BCUT2D eigenvalue weighted by molar-refractivity contribution is 1.07. The van der Waals surface area contributed by atoms with E-state index in [-0.39, 0.29) is 0 Å². The Kier molecular flexibility index (Phi) is 3.50. The van der Waals surface area contributed by atoms with Crippen LogP contribution in [-0.2, 0) is 0 Å². The molecule has 0 atom stereocenters. The second-order valence-corrected chi connectivity index (χ2v) is 6.79. The molecule has 0 bridgehead atoms. The number of nitrogens with zero attached hydrogens (tertiary/aromatic N) is 4. The van der Waals surface area contributed by atoms with Crippen LogP contribution in [-0.4, -0.2) is 19.5 Å². The van der Waals surface area contributed by atoms with Crippen LogP contribution in [0.15, 0.2) is 73.1 Å². The third kappa shape index (κ3) is 2.57. The number of aryl methyl sites for hydroxylation is 2. The number of rotatable bonds is 2. The van der Waals surface area contributed by atoms with Crippen molar-refractivity contribution in [2.24, 2.45) is 0 Å². The van der Waals surface area contributed by atoms with Crippen molar-refractivity contribution >= 4 is 21.8 Å². The van der Waals surface area contributed by atoms with E-state index in [1.54, 1.807) is 0 Å². The van der Waals surface area contributed by atoms with Crippen molar-refractivity contribution in [2.45, 2.75) is 13.8 Å². The van der Waals surface area contributed by atoms with Crippen LogP contribution >= 0.6 is 0 Å². The number of benzene rings is 1. The number of fused-ring (bicyclic) bond motifs is 3. The Morgan fingerprint density at radius 3 is 2.37 bits per heavy atom. The molecule has 0 aliphatic rings. The maximum atomic E-state index is 4.93. The fourth-order valence-electron chi connectivity index (χ4n) is 3.60. The summed E-state index contributed by atoms with van der Waals surface area (Å²) in [5.41, 5.74) is 6.20. The first-order valence-corrected chi connectivity index (χ1v) is 8.97. The van der Waals surface area contributed by atoms with E-state index >= 15 is 0 Å². The smallest absolute Gasteiger partial charge is 0.138 e. The Morgan fingerprint density at radius 1 is 0.741 bits per heavy atom. The molecule has 0 amide bonds. The van der Waals surface area contributed by atoms with E-state index < -0.39 is 0 Å². The molecule has 5 aromatic rings. The van der Waals surface area contributed by atoms with Crippen molar-refractivity contribution in [3.05, 3.63) is 84.3 Å². The predicted octanol–water partition coefficient (Wildman–Crippen LogP) is 5.25. The lowest BCUT2D eigenvalue weighted by Crippen LogP contribution is -1.99. The molecule has 0 aliphatic heterocycles. The average molecular weight is 350 g/mol. The highest BCUT2D eigenvalue weighted by atomic mass is 15.1. The Morgan fingerprint density at radius 2 is 1.52 bits per heavy atom. The zero-order valence-corrected chi connectivity index (χ0v) is 15.2. The van der Waals surface area contributed by atoms with Gasteiger partial charge in [0, 0.05) is 28.9 Å². The van der Waals surface area contributed by atoms with Gasteiger partial charge in [-0.15, -0.1) is 0 Å². The van der Waals surface area contributed by atoms with Gasteiger partial charge >= 0.3 is 0 Å². The predicted molar refractivity (Wildman–Crippen MR) is 109 cm³/mol. The molecular weight excluding hydrogens is 332 g/mol. The lowest BCUT2D eigenvalue weighted by Gasteiger charge is -2.09. The maximum absolute atomic E-state index is 4.93. The highest BCUT2D eigenvalue weighted by Gasteiger charge is 2.14. The molecule has 130 valence electrons. The minimum absolute atomic E-state index is 0.868. The van der Waals surface area contributed by atoms with E-state index in [4.69, 9.17) is 4.98 Å². The molecule has 0 aliphatic carbocycles. The van der Waals surface area contributed by atoms with Crippen molar-refractivity contribution < 1.29 is 0 Å². The molecule has 4 heteroatoms. The zero-order chi connectivity index (χ0) is 18.4. The highest BCUT2D eigenvalue weighted by molar-refractivity contribution is 6.08. The highest BCUT2D eigenvalue weighted by Crippen LogP contribution is 2.31. The van der Waals surface area contributed by atoms with Gasteiger partial charge in [-0.05, 0) is 56.3 Å². The summed E-state index contributed by atoms with van der Waals surface area (Å²) in [6.45, 7) is 4.11. The van der Waals surface area contributed by atoms with Crippen LogP contribution in [0, 0.1) is 13.8 Å². The summed E-state index contributed by atoms with van der Waals surface area (Å²) in [4.78, 5) is 13.9. The van der Waals surface area contributed by atoms with Gasteiger partial charge in [0.25, 0.3) is 0 Å². The Bertz CT molecular complexity index is 1300. The van der Waals surface area contributed by atoms with Gasteiger partial charge < -0.3 is 0 Å². The molecule has 4 heterocycles. The number of aromatic nitrogens is 4. The third-order valence-corrected chi connectivity index (χ3v) is 4.84. The number of pyridine rings is 3. The Balaban J connectivity index is 1.80. The van der Waals surface area contributed by atoms with Crippen molar-refractivity contribution in [1.82, 2.24) is 19.5 Å². The minimum atomic E-state index is 0.868. The fraction of sp³-hybridized carbons (Fsp3) is 0.0870. The second kappa shape index (κ2) is 6.02. The molecule has 0 fully saturated rings. The quantitative estimate of drug-likeness (QED) is 0.436. The molecule has 0 saturated heterocycles. The summed E-state index contributed by atoms with van der Waals surface area (Å²) in [5, 5.41) is 2.33. The van der Waals surface area contributed by atoms with Crippen molar-refractivity contribution in [1.29, 1.82) is 0 Å². The first kappa shape index (κ1) is 15.7. The second-order valence-electron chi connectivity index (χ2n) is 6.79. The number of hydrogen-bond acceptors (Lipinski definition) is 3. The topological polar surface area (TPSA) is 43.6 Å². The molecule has 4 aromatic heterocycles. The van der Waals surface area contributed by atoms with Crippen LogP contribution in [0.3, 0.4) is 0 Å². The van der Waals surface area contributed by atoms with Crippen molar-refractivity contribution in [2.75, 3.05) is 0 Å². The summed E-state index contributed by atoms with van der Waals surface area (Å²) in [7, 11) is 0. The van der Waals surface area contributed by atoms with Gasteiger partial charge in [-0.2, -0.15) is 0 Å². The van der Waals surface area contributed by atoms with Gasteiger partial charge in [-0.1, -0.05) is 23.8 Å². The van der Waals surface area contributed by atoms with Crippen LogP contribution in [0.1, 0.15) is 11.3 Å². The van der Waals surface area contributed by atoms with Crippen molar-refractivity contribution in [3.8, 4) is 17.2 Å². The fourth-order valence-corrected chi connectivity index (χ4v) is 3.60. The van der Waals surface area contributed by atoms with Gasteiger partial charge in [0.2, 0.25) is 0 Å². The molecule has 0 N–H and O–H groups in total. The normalized spacial score (nSPS) is 11.3. The molecular formula is C23H18N4. The minimum Gasteiger partial charge on any atom is -0.294 e. The molecule has 1 aromatic carbocycles. The van der Waals surface area contributed by atoms with E-state index in [9.17, 15) is 0 Å². The van der Waals surface area contributed by atoms with Crippen LogP contribution < -0.4 is 0 Å². The molecule has 0 unspecified atom stereocenters. The van der Waals surface area contributed by atoms with E-state index in [1.165, 1.54) is 10.9 Å². The third-order valence-electron chi connectivity index (χ3n) is 4.84. The van der Waals surface area contributed by atoms with Gasteiger partial charge in [0.1, 0.15) is 5.82 Å². The van der Waals surface area contributed by atoms with E-state index in [0.29, 0.717) is 0 Å². The summed E-state index contributed by atoms with van der Waals surface area (Å²) >= 11 is 0. The SMILES string of the molecule is Cc1ccc2c(c1)c1cnccc1n2-c1cccc(-c2cccc(C)n2)n1. The largest absolute Gasteiger partial charge is 0.294 e. The Hall–Kier alpha value is -3.53. The standard InChI is InChI=1S/C23H18N4/c1-15-9-10-21-17(13-15)18-14-24-12-11-22(18)27(21)23-8-4-7-20(26-23)19-6-3-5-16(2)25-19/h3-14H,1-2H3. The van der Waals surface area contributed by atoms with Crippen LogP contribution in [0.25, 0.3) is 39.0 Å². The van der Waals surface area contributed by atoms with Crippen LogP contribution in [0.2, 0.25) is 0 Å². The molecule has 0 radical (unpaired) electrons. The molecule has 4 nitrogen and oxygen atoms in total. The van der Waals surface area contributed by atoms with Crippen LogP contribution in [0.4, 0.5) is 0 Å². The van der Waals surface area contributed by atoms with Gasteiger partial charge in [-0.3, -0.25) is 14.5 Å². The molecule has 0 saturated carbocycles. The molecule has 27 heavy (non-hydrogen) atoms. The first-order valence-electron chi connectivity index (χ1n) is 8.97. The lowest BCUT2D eigenvalue weighted by atomic mass is 10.1. The van der Waals surface area contributed by atoms with Gasteiger partial charge in [0.05, 0.1) is 22.4 Å². The van der Waals surface area contributed by atoms with Gasteiger partial charge in [-0.25, -0.2) is 4.98 Å². The van der Waals surface area contributed by atoms with E-state index in [2.05, 4.69) is 39.7 Å². The Labute approximate surface area is 157 Å². The van der Waals surface area contributed by atoms with Crippen molar-refractivity contribution in [3.63, 3.8) is 0 Å². The average Bonchev–Trinajstić information content (AvgIpc) is 3.02. The van der Waals surface area contributed by atoms with Gasteiger partial charge in [0.15, 0.2) is 0 Å². The monoisotopic (exact) mass is 350 g/mol. The summed E-state index contributed by atoms with van der Waals surface area (Å²) in [6.07, 6.45) is 3.76. The van der Waals surface area contributed by atoms with E-state index in [1.807, 2.05) is 61.8 Å². The summed E-state index contributed by atoms with van der Waals surface area (Å²) in [6, 6.07) is 20.6.